The quantitative estimate of drug-likeness (QED) is 0.813. The molecule has 4 atom stereocenters. The Bertz CT molecular complexity index is 308. The lowest BCUT2D eigenvalue weighted by Crippen LogP contribution is -2.53. The normalized spacial score (nSPS) is 39.9. The summed E-state index contributed by atoms with van der Waals surface area (Å²) in [5.74, 6) is 0. The lowest BCUT2D eigenvalue weighted by atomic mass is 9.92. The Kier molecular flexibility index (Phi) is 5.58. The number of hydrogen-bond donors (Lipinski definition) is 1. The van der Waals surface area contributed by atoms with Crippen molar-refractivity contribution in [3.8, 4) is 0 Å². The first-order valence-electron chi connectivity index (χ1n) is 9.43. The number of fused-ring (bicyclic) bond motifs is 2. The molecule has 3 heterocycles. The summed E-state index contributed by atoms with van der Waals surface area (Å²) in [7, 11) is 0. The van der Waals surface area contributed by atoms with Crippen LogP contribution in [0.15, 0.2) is 0 Å². The van der Waals surface area contributed by atoms with Crippen LogP contribution in [0.3, 0.4) is 0 Å². The number of rotatable bonds is 6. The summed E-state index contributed by atoms with van der Waals surface area (Å²) in [4.78, 5) is 2.89. The van der Waals surface area contributed by atoms with Crippen molar-refractivity contribution in [2.45, 2.75) is 102 Å². The van der Waals surface area contributed by atoms with Gasteiger partial charge < -0.3 is 10.1 Å². The zero-order chi connectivity index (χ0) is 14.7. The van der Waals surface area contributed by atoms with Crippen LogP contribution in [0, 0.1) is 0 Å². The summed E-state index contributed by atoms with van der Waals surface area (Å²) in [5.41, 5.74) is 0. The van der Waals surface area contributed by atoms with Crippen LogP contribution in [-0.4, -0.2) is 48.3 Å². The molecule has 0 amide bonds. The maximum absolute atomic E-state index is 5.98. The minimum atomic E-state index is 0.520. The van der Waals surface area contributed by atoms with Crippen molar-refractivity contribution in [1.29, 1.82) is 0 Å². The lowest BCUT2D eigenvalue weighted by Gasteiger charge is -2.45. The van der Waals surface area contributed by atoms with E-state index in [1.807, 2.05) is 0 Å². The Morgan fingerprint density at radius 3 is 2.38 bits per heavy atom. The number of nitrogens with zero attached hydrogens (tertiary/aromatic N) is 1. The molecule has 0 aromatic carbocycles. The fourth-order valence-corrected chi connectivity index (χ4v) is 4.90. The van der Waals surface area contributed by atoms with Gasteiger partial charge in [0.05, 0.1) is 6.10 Å². The van der Waals surface area contributed by atoms with Crippen LogP contribution < -0.4 is 5.32 Å². The third-order valence-electron chi connectivity index (χ3n) is 5.82. The largest absolute Gasteiger partial charge is 0.378 e. The van der Waals surface area contributed by atoms with Gasteiger partial charge in [-0.05, 0) is 57.9 Å². The van der Waals surface area contributed by atoms with Crippen molar-refractivity contribution in [3.63, 3.8) is 0 Å². The Morgan fingerprint density at radius 2 is 1.71 bits per heavy atom. The van der Waals surface area contributed by atoms with Crippen molar-refractivity contribution in [2.24, 2.45) is 0 Å². The van der Waals surface area contributed by atoms with Gasteiger partial charge in [-0.1, -0.05) is 20.3 Å². The molecule has 1 N–H and O–H groups in total. The molecule has 3 aliphatic heterocycles. The van der Waals surface area contributed by atoms with Crippen LogP contribution >= 0.6 is 0 Å². The summed E-state index contributed by atoms with van der Waals surface area (Å²) in [6.45, 7) is 6.88. The van der Waals surface area contributed by atoms with E-state index in [0.717, 1.165) is 30.8 Å². The smallest absolute Gasteiger partial charge is 0.0590 e. The number of nitrogens with one attached hydrogen (secondary N) is 1. The molecule has 0 saturated carbocycles. The SMILES string of the molecule is CCCC1CC(N(CCC)C2CC3CCC(C2)N3)CCO1. The molecule has 3 fully saturated rings. The molecule has 3 heteroatoms. The molecular formula is C18H34N2O. The van der Waals surface area contributed by atoms with E-state index in [0.29, 0.717) is 6.10 Å². The van der Waals surface area contributed by atoms with Crippen molar-refractivity contribution in [2.75, 3.05) is 13.2 Å². The molecule has 0 aromatic heterocycles. The monoisotopic (exact) mass is 294 g/mol. The number of ether oxygens (including phenoxy) is 1. The van der Waals surface area contributed by atoms with Gasteiger partial charge in [0.25, 0.3) is 0 Å². The second-order valence-corrected chi connectivity index (χ2v) is 7.46. The molecule has 0 spiro atoms. The van der Waals surface area contributed by atoms with E-state index in [1.165, 1.54) is 64.3 Å². The van der Waals surface area contributed by atoms with Crippen LogP contribution in [0.25, 0.3) is 0 Å². The average Bonchev–Trinajstić information content (AvgIpc) is 2.84. The van der Waals surface area contributed by atoms with Crippen molar-refractivity contribution in [1.82, 2.24) is 10.2 Å². The Balaban J connectivity index is 1.63. The van der Waals surface area contributed by atoms with Crippen LogP contribution in [0.1, 0.15) is 71.6 Å². The zero-order valence-electron chi connectivity index (χ0n) is 14.0. The Hall–Kier alpha value is -0.120. The third kappa shape index (κ3) is 3.80. The molecular weight excluding hydrogens is 260 g/mol. The van der Waals surface area contributed by atoms with Gasteiger partial charge in [-0.2, -0.15) is 0 Å². The number of hydrogen-bond acceptors (Lipinski definition) is 3. The third-order valence-corrected chi connectivity index (χ3v) is 5.82. The standard InChI is InChI=1S/C18H34N2O/c1-3-5-18-13-16(8-10-21-18)20(9-4-2)17-11-14-6-7-15(12-17)19-14/h14-19H,3-13H2,1-2H3. The van der Waals surface area contributed by atoms with Crippen molar-refractivity contribution >= 4 is 0 Å². The number of piperidine rings is 1. The zero-order valence-corrected chi connectivity index (χ0v) is 14.0. The topological polar surface area (TPSA) is 24.5 Å². The Labute approximate surface area is 130 Å². The molecule has 4 unspecified atom stereocenters. The van der Waals surface area contributed by atoms with Crippen LogP contribution in [0.4, 0.5) is 0 Å². The van der Waals surface area contributed by atoms with Crippen molar-refractivity contribution < 1.29 is 4.74 Å². The highest BCUT2D eigenvalue weighted by atomic mass is 16.5. The molecule has 21 heavy (non-hydrogen) atoms. The van der Waals surface area contributed by atoms with Gasteiger partial charge in [0.1, 0.15) is 0 Å². The van der Waals surface area contributed by atoms with Crippen molar-refractivity contribution in [3.05, 3.63) is 0 Å². The molecule has 2 bridgehead atoms. The highest BCUT2D eigenvalue weighted by Crippen LogP contribution is 2.33. The summed E-state index contributed by atoms with van der Waals surface area (Å²) < 4.78 is 5.98. The average molecular weight is 294 g/mol. The minimum absolute atomic E-state index is 0.520. The van der Waals surface area contributed by atoms with E-state index in [9.17, 15) is 0 Å². The van der Waals surface area contributed by atoms with Gasteiger partial charge in [-0.3, -0.25) is 4.90 Å². The van der Waals surface area contributed by atoms with E-state index in [1.54, 1.807) is 0 Å². The molecule has 0 aliphatic carbocycles. The first-order valence-corrected chi connectivity index (χ1v) is 9.43. The second kappa shape index (κ2) is 7.43. The minimum Gasteiger partial charge on any atom is -0.378 e. The van der Waals surface area contributed by atoms with Gasteiger partial charge in [0.15, 0.2) is 0 Å². The summed E-state index contributed by atoms with van der Waals surface area (Å²) in [5, 5.41) is 3.80. The van der Waals surface area contributed by atoms with Crippen LogP contribution in [0.5, 0.6) is 0 Å². The summed E-state index contributed by atoms with van der Waals surface area (Å²) in [6.07, 6.45) is 12.4. The molecule has 3 rings (SSSR count). The molecule has 3 aliphatic rings. The summed E-state index contributed by atoms with van der Waals surface area (Å²) in [6, 6.07) is 3.21. The van der Waals surface area contributed by atoms with E-state index in [2.05, 4.69) is 24.1 Å². The highest BCUT2D eigenvalue weighted by molar-refractivity contribution is 4.97. The first kappa shape index (κ1) is 15.8. The molecule has 3 saturated heterocycles. The highest BCUT2D eigenvalue weighted by Gasteiger charge is 2.38. The molecule has 0 aromatic rings. The molecule has 3 nitrogen and oxygen atoms in total. The Morgan fingerprint density at radius 1 is 0.952 bits per heavy atom. The van der Waals surface area contributed by atoms with Gasteiger partial charge in [0.2, 0.25) is 0 Å². The van der Waals surface area contributed by atoms with Crippen LogP contribution in [-0.2, 0) is 4.74 Å². The fraction of sp³-hybridized carbons (Fsp3) is 1.00. The molecule has 0 radical (unpaired) electrons. The maximum Gasteiger partial charge on any atom is 0.0590 e. The van der Waals surface area contributed by atoms with Crippen LogP contribution in [0.2, 0.25) is 0 Å². The lowest BCUT2D eigenvalue weighted by molar-refractivity contribution is -0.0449. The predicted octanol–water partition coefficient (Wildman–Crippen LogP) is 3.33. The molecule has 122 valence electrons. The maximum atomic E-state index is 5.98. The van der Waals surface area contributed by atoms with E-state index in [4.69, 9.17) is 4.74 Å². The van der Waals surface area contributed by atoms with E-state index >= 15 is 0 Å². The predicted molar refractivity (Wildman–Crippen MR) is 87.6 cm³/mol. The first-order chi connectivity index (χ1) is 10.3. The van der Waals surface area contributed by atoms with Gasteiger partial charge in [-0.25, -0.2) is 0 Å². The van der Waals surface area contributed by atoms with E-state index < -0.39 is 0 Å². The van der Waals surface area contributed by atoms with Gasteiger partial charge in [0, 0.05) is 30.8 Å². The van der Waals surface area contributed by atoms with Gasteiger partial charge in [-0.15, -0.1) is 0 Å². The second-order valence-electron chi connectivity index (χ2n) is 7.46. The summed E-state index contributed by atoms with van der Waals surface area (Å²) >= 11 is 0. The van der Waals surface area contributed by atoms with E-state index in [-0.39, 0.29) is 0 Å². The van der Waals surface area contributed by atoms with Gasteiger partial charge >= 0.3 is 0 Å². The fourth-order valence-electron chi connectivity index (χ4n) is 4.90.